The summed E-state index contributed by atoms with van der Waals surface area (Å²) in [7, 11) is 0. The molecule has 2 aliphatic rings. The largest absolute Gasteiger partial charge is 0.379 e. The molecular formula is C19H18Cl4N2OS. The molecule has 4 rings (SSSR count). The Labute approximate surface area is 183 Å². The summed E-state index contributed by atoms with van der Waals surface area (Å²) in [5.41, 5.74) is 1.93. The van der Waals surface area contributed by atoms with Crippen molar-refractivity contribution in [3.05, 3.63) is 44.4 Å². The monoisotopic (exact) mass is 462 g/mol. The first-order valence-corrected chi connectivity index (χ1v) is 11.1. The van der Waals surface area contributed by atoms with Crippen molar-refractivity contribution in [1.29, 1.82) is 0 Å². The van der Waals surface area contributed by atoms with Crippen LogP contribution < -0.4 is 4.90 Å². The van der Waals surface area contributed by atoms with Crippen molar-refractivity contribution in [2.45, 2.75) is 16.2 Å². The zero-order valence-electron chi connectivity index (χ0n) is 14.5. The number of hydrogen-bond acceptors (Lipinski definition) is 4. The van der Waals surface area contributed by atoms with E-state index in [4.69, 9.17) is 51.1 Å². The lowest BCUT2D eigenvalue weighted by atomic mass is 10.2. The van der Waals surface area contributed by atoms with Gasteiger partial charge in [-0.2, -0.15) is 0 Å². The lowest BCUT2D eigenvalue weighted by Gasteiger charge is -2.35. The van der Waals surface area contributed by atoms with Crippen molar-refractivity contribution in [3.63, 3.8) is 0 Å². The highest BCUT2D eigenvalue weighted by Gasteiger charge is 2.28. The van der Waals surface area contributed by atoms with E-state index in [2.05, 4.69) is 9.80 Å². The van der Waals surface area contributed by atoms with Gasteiger partial charge < -0.3 is 9.64 Å². The predicted octanol–water partition coefficient (Wildman–Crippen LogP) is 6.63. The zero-order chi connectivity index (χ0) is 19.0. The molecule has 0 N–H and O–H groups in total. The fourth-order valence-corrected chi connectivity index (χ4v) is 6.17. The topological polar surface area (TPSA) is 15.7 Å². The van der Waals surface area contributed by atoms with Gasteiger partial charge in [-0.3, -0.25) is 4.90 Å². The predicted molar refractivity (Wildman–Crippen MR) is 116 cm³/mol. The molecule has 2 aliphatic heterocycles. The second kappa shape index (κ2) is 8.58. The van der Waals surface area contributed by atoms with E-state index in [1.165, 1.54) is 0 Å². The van der Waals surface area contributed by atoms with Crippen molar-refractivity contribution in [2.24, 2.45) is 0 Å². The van der Waals surface area contributed by atoms with Crippen molar-refractivity contribution >= 4 is 69.5 Å². The maximum absolute atomic E-state index is 6.58. The normalized spacial score (nSPS) is 17.0. The van der Waals surface area contributed by atoms with Gasteiger partial charge >= 0.3 is 0 Å². The van der Waals surface area contributed by atoms with Gasteiger partial charge in [0.05, 0.1) is 34.6 Å². The highest BCUT2D eigenvalue weighted by Crippen LogP contribution is 2.54. The Balaban J connectivity index is 1.65. The van der Waals surface area contributed by atoms with Gasteiger partial charge in [0.1, 0.15) is 0 Å². The van der Waals surface area contributed by atoms with Gasteiger partial charge in [-0.15, -0.1) is 0 Å². The minimum Gasteiger partial charge on any atom is -0.379 e. The summed E-state index contributed by atoms with van der Waals surface area (Å²) in [5, 5.41) is 2.51. The third-order valence-corrected chi connectivity index (χ3v) is 6.78. The first-order chi connectivity index (χ1) is 13.0. The van der Waals surface area contributed by atoms with Crippen LogP contribution in [0.25, 0.3) is 0 Å². The summed E-state index contributed by atoms with van der Waals surface area (Å²) >= 11 is 27.2. The quantitative estimate of drug-likeness (QED) is 0.505. The van der Waals surface area contributed by atoms with Gasteiger partial charge in [-0.25, -0.2) is 0 Å². The first kappa shape index (κ1) is 20.0. The number of benzene rings is 2. The van der Waals surface area contributed by atoms with Gasteiger partial charge in [0.15, 0.2) is 0 Å². The lowest BCUT2D eigenvalue weighted by Crippen LogP contribution is -2.38. The van der Waals surface area contributed by atoms with E-state index in [9.17, 15) is 0 Å². The molecule has 144 valence electrons. The van der Waals surface area contributed by atoms with Crippen LogP contribution in [0.3, 0.4) is 0 Å². The molecule has 2 heterocycles. The maximum Gasteiger partial charge on any atom is 0.0743 e. The minimum atomic E-state index is 0.621. The number of rotatable bonds is 4. The van der Waals surface area contributed by atoms with E-state index in [0.717, 1.165) is 67.0 Å². The second-order valence-corrected chi connectivity index (χ2v) is 9.30. The number of halogens is 4. The van der Waals surface area contributed by atoms with Crippen LogP contribution in [0.15, 0.2) is 34.1 Å². The first-order valence-electron chi connectivity index (χ1n) is 8.76. The Morgan fingerprint density at radius 1 is 0.815 bits per heavy atom. The van der Waals surface area contributed by atoms with E-state index < -0.39 is 0 Å². The number of morpholine rings is 1. The molecule has 0 amide bonds. The summed E-state index contributed by atoms with van der Waals surface area (Å²) in [4.78, 5) is 6.67. The standard InChI is InChI=1S/C19H18Cl4N2OS/c20-12-8-14(22)18-16(10-12)27-17-11-13(21)9-15(23)19(17)25(18)3-1-2-24-4-6-26-7-5-24/h8-11H,1-7H2. The molecule has 0 aromatic heterocycles. The Morgan fingerprint density at radius 3 is 1.93 bits per heavy atom. The van der Waals surface area contributed by atoms with Crippen LogP contribution in [-0.4, -0.2) is 44.3 Å². The van der Waals surface area contributed by atoms with E-state index in [1.807, 2.05) is 12.1 Å². The molecule has 3 nitrogen and oxygen atoms in total. The average molecular weight is 464 g/mol. The molecular weight excluding hydrogens is 446 g/mol. The molecule has 8 heteroatoms. The van der Waals surface area contributed by atoms with Crippen LogP contribution in [0.2, 0.25) is 20.1 Å². The van der Waals surface area contributed by atoms with Crippen LogP contribution in [-0.2, 0) is 4.74 Å². The minimum absolute atomic E-state index is 0.621. The molecule has 2 aromatic carbocycles. The molecule has 0 spiro atoms. The van der Waals surface area contributed by atoms with Gasteiger partial charge in [0.25, 0.3) is 0 Å². The van der Waals surface area contributed by atoms with Crippen LogP contribution in [0.4, 0.5) is 11.4 Å². The fourth-order valence-electron chi connectivity index (χ4n) is 3.50. The summed E-state index contributed by atoms with van der Waals surface area (Å²) in [6.45, 7) is 5.39. The van der Waals surface area contributed by atoms with Gasteiger partial charge in [0, 0.05) is 46.0 Å². The molecule has 0 saturated carbocycles. The molecule has 0 unspecified atom stereocenters. The fraction of sp³-hybridized carbons (Fsp3) is 0.368. The third-order valence-electron chi connectivity index (χ3n) is 4.71. The zero-order valence-corrected chi connectivity index (χ0v) is 18.3. The molecule has 27 heavy (non-hydrogen) atoms. The van der Waals surface area contributed by atoms with Crippen LogP contribution in [0, 0.1) is 0 Å². The maximum atomic E-state index is 6.58. The molecule has 1 saturated heterocycles. The SMILES string of the molecule is Clc1cc(Cl)c2c(c1)Sc1cc(Cl)cc(Cl)c1N2CCCN1CCOCC1. The average Bonchev–Trinajstić information content (AvgIpc) is 2.61. The van der Waals surface area contributed by atoms with Crippen molar-refractivity contribution in [1.82, 2.24) is 4.90 Å². The van der Waals surface area contributed by atoms with E-state index in [1.54, 1.807) is 23.9 Å². The smallest absolute Gasteiger partial charge is 0.0743 e. The van der Waals surface area contributed by atoms with Crippen LogP contribution >= 0.6 is 58.2 Å². The molecule has 1 fully saturated rings. The van der Waals surface area contributed by atoms with Crippen molar-refractivity contribution in [2.75, 3.05) is 44.3 Å². The van der Waals surface area contributed by atoms with Gasteiger partial charge in [0.2, 0.25) is 0 Å². The van der Waals surface area contributed by atoms with Crippen LogP contribution in [0.5, 0.6) is 0 Å². The number of nitrogens with zero attached hydrogens (tertiary/aromatic N) is 2. The number of fused-ring (bicyclic) bond motifs is 2. The summed E-state index contributed by atoms with van der Waals surface area (Å²) in [5.74, 6) is 0. The lowest BCUT2D eigenvalue weighted by molar-refractivity contribution is 0.0377. The van der Waals surface area contributed by atoms with E-state index in [-0.39, 0.29) is 0 Å². The Bertz CT molecular complexity index is 801. The Kier molecular flexibility index (Phi) is 6.34. The summed E-state index contributed by atoms with van der Waals surface area (Å²) in [6, 6.07) is 7.46. The van der Waals surface area contributed by atoms with Crippen molar-refractivity contribution < 1.29 is 4.74 Å². The molecule has 0 radical (unpaired) electrons. The second-order valence-electron chi connectivity index (χ2n) is 6.53. The highest BCUT2D eigenvalue weighted by atomic mass is 35.5. The number of anilines is 2. The van der Waals surface area contributed by atoms with Crippen LogP contribution in [0.1, 0.15) is 6.42 Å². The Hall–Kier alpha value is -0.330. The molecule has 2 aromatic rings. The van der Waals surface area contributed by atoms with Crippen molar-refractivity contribution in [3.8, 4) is 0 Å². The molecule has 0 bridgehead atoms. The van der Waals surface area contributed by atoms with Gasteiger partial charge in [-0.05, 0) is 30.7 Å². The Morgan fingerprint density at radius 2 is 1.37 bits per heavy atom. The summed E-state index contributed by atoms with van der Waals surface area (Å²) < 4.78 is 5.43. The highest BCUT2D eigenvalue weighted by molar-refractivity contribution is 7.99. The number of hydrogen-bond donors (Lipinski definition) is 0. The summed E-state index contributed by atoms with van der Waals surface area (Å²) in [6.07, 6.45) is 0.988. The van der Waals surface area contributed by atoms with E-state index >= 15 is 0 Å². The molecule has 0 aliphatic carbocycles. The van der Waals surface area contributed by atoms with Gasteiger partial charge in [-0.1, -0.05) is 58.2 Å². The van der Waals surface area contributed by atoms with E-state index in [0.29, 0.717) is 20.1 Å². The molecule has 0 atom stereocenters. The number of ether oxygens (including phenoxy) is 1. The third kappa shape index (κ3) is 4.32.